The summed E-state index contributed by atoms with van der Waals surface area (Å²) >= 11 is 0. The van der Waals surface area contributed by atoms with Gasteiger partial charge < -0.3 is 9.73 Å². The van der Waals surface area contributed by atoms with E-state index in [1.54, 1.807) is 6.26 Å². The predicted molar refractivity (Wildman–Crippen MR) is 96.4 cm³/mol. The van der Waals surface area contributed by atoms with Crippen molar-refractivity contribution in [1.29, 1.82) is 0 Å². The van der Waals surface area contributed by atoms with Crippen molar-refractivity contribution in [3.05, 3.63) is 52.5 Å². The van der Waals surface area contributed by atoms with E-state index in [4.69, 9.17) is 4.42 Å². The number of aryl methyl sites for hydroxylation is 3. The molecule has 25 heavy (non-hydrogen) atoms. The van der Waals surface area contributed by atoms with Gasteiger partial charge >= 0.3 is 0 Å². The number of carbonyl (C=O) groups excluding carboxylic acids is 1. The van der Waals surface area contributed by atoms with E-state index in [-0.39, 0.29) is 11.9 Å². The number of benzene rings is 1. The molecular weight excluding hydrogens is 314 g/mol. The van der Waals surface area contributed by atoms with Crippen LogP contribution in [0.5, 0.6) is 0 Å². The van der Waals surface area contributed by atoms with Crippen molar-refractivity contribution in [3.8, 4) is 0 Å². The zero-order valence-electron chi connectivity index (χ0n) is 14.9. The van der Waals surface area contributed by atoms with Gasteiger partial charge in [-0.15, -0.1) is 0 Å². The summed E-state index contributed by atoms with van der Waals surface area (Å²) in [4.78, 5) is 12.6. The second kappa shape index (κ2) is 6.06. The van der Waals surface area contributed by atoms with Crippen molar-refractivity contribution in [2.24, 2.45) is 7.05 Å². The van der Waals surface area contributed by atoms with Gasteiger partial charge in [0, 0.05) is 29.3 Å². The molecule has 0 radical (unpaired) electrons. The molecule has 4 rings (SSSR count). The second-order valence-electron chi connectivity index (χ2n) is 7.05. The zero-order chi connectivity index (χ0) is 17.6. The smallest absolute Gasteiger partial charge is 0.225 e. The van der Waals surface area contributed by atoms with Crippen LogP contribution in [0.15, 0.2) is 29.0 Å². The summed E-state index contributed by atoms with van der Waals surface area (Å²) in [7, 11) is 1.96. The van der Waals surface area contributed by atoms with Crippen molar-refractivity contribution in [2.45, 2.75) is 45.6 Å². The highest BCUT2D eigenvalue weighted by Gasteiger charge is 2.25. The lowest BCUT2D eigenvalue weighted by molar-refractivity contribution is -0.121. The van der Waals surface area contributed by atoms with Crippen LogP contribution in [0.4, 0.5) is 0 Å². The largest absolute Gasteiger partial charge is 0.464 e. The second-order valence-corrected chi connectivity index (χ2v) is 7.05. The molecule has 0 aliphatic heterocycles. The lowest BCUT2D eigenvalue weighted by Gasteiger charge is -2.23. The van der Waals surface area contributed by atoms with Gasteiger partial charge in [0.15, 0.2) is 0 Å². The minimum atomic E-state index is 0.0302. The Morgan fingerprint density at radius 1 is 1.36 bits per heavy atom. The topological polar surface area (TPSA) is 60.1 Å². The number of nitrogens with one attached hydrogen (secondary N) is 1. The van der Waals surface area contributed by atoms with Gasteiger partial charge in [-0.3, -0.25) is 9.48 Å². The van der Waals surface area contributed by atoms with Crippen LogP contribution in [-0.2, 0) is 24.7 Å². The van der Waals surface area contributed by atoms with Gasteiger partial charge in [-0.1, -0.05) is 0 Å². The van der Waals surface area contributed by atoms with E-state index in [9.17, 15) is 4.79 Å². The number of nitrogens with zero attached hydrogens (tertiary/aromatic N) is 2. The third kappa shape index (κ3) is 2.84. The summed E-state index contributed by atoms with van der Waals surface area (Å²) < 4.78 is 7.56. The van der Waals surface area contributed by atoms with Gasteiger partial charge in [0.2, 0.25) is 5.91 Å². The fourth-order valence-corrected chi connectivity index (χ4v) is 3.75. The van der Waals surface area contributed by atoms with Crippen molar-refractivity contribution in [1.82, 2.24) is 15.1 Å². The number of rotatable bonds is 3. The molecule has 130 valence electrons. The maximum Gasteiger partial charge on any atom is 0.225 e. The minimum absolute atomic E-state index is 0.0302. The molecule has 1 atom stereocenters. The molecule has 1 aromatic carbocycles. The molecule has 1 N–H and O–H groups in total. The summed E-state index contributed by atoms with van der Waals surface area (Å²) in [6.07, 6.45) is 7.00. The highest BCUT2D eigenvalue weighted by atomic mass is 16.3. The first kappa shape index (κ1) is 15.9. The van der Waals surface area contributed by atoms with E-state index in [2.05, 4.69) is 30.3 Å². The molecule has 0 saturated heterocycles. The third-order valence-corrected chi connectivity index (χ3v) is 5.33. The van der Waals surface area contributed by atoms with E-state index in [1.807, 2.05) is 24.0 Å². The first-order chi connectivity index (χ1) is 12.0. The number of aromatic nitrogens is 2. The van der Waals surface area contributed by atoms with Crippen LogP contribution in [-0.4, -0.2) is 15.7 Å². The average Bonchev–Trinajstić information content (AvgIpc) is 3.14. The predicted octanol–water partition coefficient (Wildman–Crippen LogP) is 3.52. The van der Waals surface area contributed by atoms with Gasteiger partial charge in [-0.05, 0) is 56.4 Å². The molecule has 0 unspecified atom stereocenters. The summed E-state index contributed by atoms with van der Waals surface area (Å²) in [5.74, 6) is 0.0302. The van der Waals surface area contributed by atoms with Gasteiger partial charge in [0.05, 0.1) is 24.9 Å². The van der Waals surface area contributed by atoms with Crippen molar-refractivity contribution in [2.75, 3.05) is 0 Å². The van der Waals surface area contributed by atoms with Crippen LogP contribution in [0.3, 0.4) is 0 Å². The molecule has 1 aliphatic carbocycles. The summed E-state index contributed by atoms with van der Waals surface area (Å²) in [5, 5.41) is 8.56. The number of hydrogen-bond donors (Lipinski definition) is 1. The molecule has 0 saturated carbocycles. The van der Waals surface area contributed by atoms with E-state index in [0.29, 0.717) is 6.42 Å². The summed E-state index contributed by atoms with van der Waals surface area (Å²) in [6, 6.07) is 4.21. The normalized spacial score (nSPS) is 16.8. The van der Waals surface area contributed by atoms with Crippen molar-refractivity contribution >= 4 is 16.9 Å². The fourth-order valence-electron chi connectivity index (χ4n) is 3.75. The summed E-state index contributed by atoms with van der Waals surface area (Å²) in [5.41, 5.74) is 6.59. The Bertz CT molecular complexity index is 951. The standard InChI is InChI=1S/C20H23N3O2/c1-12-7-15-14(11-25-19(15)8-13(12)2)9-20(24)22-17-5-4-6-18-16(17)10-21-23(18)3/h7-8,10-11,17H,4-6,9H2,1-3H3,(H,22,24)/t17-/m1/s1. The quantitative estimate of drug-likeness (QED) is 0.795. The van der Waals surface area contributed by atoms with E-state index in [1.165, 1.54) is 16.8 Å². The van der Waals surface area contributed by atoms with Gasteiger partial charge in [0.25, 0.3) is 0 Å². The highest BCUT2D eigenvalue weighted by Crippen LogP contribution is 2.30. The number of hydrogen-bond acceptors (Lipinski definition) is 3. The van der Waals surface area contributed by atoms with Crippen LogP contribution in [0, 0.1) is 13.8 Å². The Morgan fingerprint density at radius 2 is 2.16 bits per heavy atom. The molecule has 0 bridgehead atoms. The van der Waals surface area contributed by atoms with Crippen LogP contribution in [0.2, 0.25) is 0 Å². The molecule has 5 heteroatoms. The molecule has 1 aliphatic rings. The van der Waals surface area contributed by atoms with Crippen LogP contribution in [0.25, 0.3) is 11.0 Å². The minimum Gasteiger partial charge on any atom is -0.464 e. The molecule has 1 amide bonds. The Kier molecular flexibility index (Phi) is 3.86. The van der Waals surface area contributed by atoms with Crippen LogP contribution < -0.4 is 5.32 Å². The summed E-state index contributed by atoms with van der Waals surface area (Å²) in [6.45, 7) is 4.15. The molecule has 0 spiro atoms. The first-order valence-corrected chi connectivity index (χ1v) is 8.80. The van der Waals surface area contributed by atoms with Crippen LogP contribution >= 0.6 is 0 Å². The Labute approximate surface area is 147 Å². The Balaban J connectivity index is 1.53. The maximum atomic E-state index is 12.6. The van der Waals surface area contributed by atoms with E-state index in [0.717, 1.165) is 41.4 Å². The number of furan rings is 1. The van der Waals surface area contributed by atoms with Gasteiger partial charge in [0.1, 0.15) is 5.58 Å². The number of fused-ring (bicyclic) bond motifs is 2. The number of amides is 1. The molecule has 3 aromatic rings. The van der Waals surface area contributed by atoms with Crippen molar-refractivity contribution < 1.29 is 9.21 Å². The average molecular weight is 337 g/mol. The zero-order valence-corrected chi connectivity index (χ0v) is 14.9. The Hall–Kier alpha value is -2.56. The lowest BCUT2D eigenvalue weighted by atomic mass is 9.92. The molecule has 5 nitrogen and oxygen atoms in total. The van der Waals surface area contributed by atoms with Gasteiger partial charge in [-0.2, -0.15) is 5.10 Å². The molecule has 2 aromatic heterocycles. The monoisotopic (exact) mass is 337 g/mol. The Morgan fingerprint density at radius 3 is 3.00 bits per heavy atom. The molecular formula is C20H23N3O2. The highest BCUT2D eigenvalue weighted by molar-refractivity contribution is 5.88. The fraction of sp³-hybridized carbons (Fsp3) is 0.400. The molecule has 0 fully saturated rings. The third-order valence-electron chi connectivity index (χ3n) is 5.33. The van der Waals surface area contributed by atoms with Crippen molar-refractivity contribution in [3.63, 3.8) is 0 Å². The van der Waals surface area contributed by atoms with E-state index >= 15 is 0 Å². The van der Waals surface area contributed by atoms with E-state index < -0.39 is 0 Å². The lowest BCUT2D eigenvalue weighted by Crippen LogP contribution is -2.32. The van der Waals surface area contributed by atoms with Gasteiger partial charge in [-0.25, -0.2) is 0 Å². The number of carbonyl (C=O) groups is 1. The van der Waals surface area contributed by atoms with Crippen LogP contribution in [0.1, 0.15) is 46.8 Å². The maximum absolute atomic E-state index is 12.6. The molecule has 2 heterocycles. The first-order valence-electron chi connectivity index (χ1n) is 8.80. The SMILES string of the molecule is Cc1cc2occ(CC(=O)N[C@@H]3CCCc4c3cnn4C)c2cc1C.